The fourth-order valence-electron chi connectivity index (χ4n) is 3.75. The molecule has 5 rings (SSSR count). The van der Waals surface area contributed by atoms with Gasteiger partial charge in [0.15, 0.2) is 0 Å². The number of carbonyl (C=O) groups is 1. The van der Waals surface area contributed by atoms with Crippen molar-refractivity contribution in [3.63, 3.8) is 0 Å². The number of anilines is 1. The average Bonchev–Trinajstić information content (AvgIpc) is 3.48. The Hall–Kier alpha value is -3.84. The van der Waals surface area contributed by atoms with Crippen LogP contribution in [0.3, 0.4) is 0 Å². The molecule has 0 spiro atoms. The minimum absolute atomic E-state index is 0.220. The molecule has 0 unspecified atom stereocenters. The van der Waals surface area contributed by atoms with Crippen LogP contribution in [0.4, 0.5) is 5.69 Å². The average molecular weight is 384 g/mol. The van der Waals surface area contributed by atoms with E-state index >= 15 is 0 Å². The first-order chi connectivity index (χ1) is 14.2. The van der Waals surface area contributed by atoms with Gasteiger partial charge in [-0.05, 0) is 24.1 Å². The van der Waals surface area contributed by atoms with Crippen molar-refractivity contribution in [1.82, 2.24) is 20.2 Å². The number of nitrogens with two attached hydrogens (primary N) is 1. The highest BCUT2D eigenvalue weighted by atomic mass is 16.2. The second kappa shape index (κ2) is 6.96. The number of nitrogens with one attached hydrogen (secondary N) is 4. The molecule has 7 heteroatoms. The number of carbonyl (C=O) groups excluding carboxylic acids is 1. The minimum atomic E-state index is -0.659. The zero-order chi connectivity index (χ0) is 19.8. The second-order valence-electron chi connectivity index (χ2n) is 7.08. The van der Waals surface area contributed by atoms with E-state index in [2.05, 4.69) is 25.5 Å². The fraction of sp³-hybridized carbons (Fsp3) is 0.0909. The first kappa shape index (κ1) is 17.3. The van der Waals surface area contributed by atoms with Gasteiger partial charge in [-0.15, -0.1) is 0 Å². The van der Waals surface area contributed by atoms with E-state index in [1.807, 2.05) is 61.1 Å². The number of aromatic amines is 3. The molecule has 0 fully saturated rings. The number of fused-ring (bicyclic) bond motifs is 2. The normalized spacial score (nSPS) is 12.4. The van der Waals surface area contributed by atoms with E-state index in [0.717, 1.165) is 38.5 Å². The zero-order valence-electron chi connectivity index (χ0n) is 15.6. The summed E-state index contributed by atoms with van der Waals surface area (Å²) in [6.07, 6.45) is 7.89. The van der Waals surface area contributed by atoms with Gasteiger partial charge in [-0.1, -0.05) is 30.3 Å². The highest BCUT2D eigenvalue weighted by molar-refractivity contribution is 6.06. The maximum atomic E-state index is 12.8. The SMILES string of the molecule is N[C@@H](Cc1c[nH]c2ccccc12)C(=O)Nc1cccc2c(-c3cn[nH]c3)c[nH]c12. The molecule has 7 nitrogen and oxygen atoms in total. The van der Waals surface area contributed by atoms with Crippen molar-refractivity contribution in [1.29, 1.82) is 0 Å². The molecule has 5 aromatic rings. The third-order valence-corrected chi connectivity index (χ3v) is 5.23. The van der Waals surface area contributed by atoms with Crippen LogP contribution in [-0.4, -0.2) is 32.1 Å². The quantitative estimate of drug-likeness (QED) is 0.319. The predicted molar refractivity (Wildman–Crippen MR) is 114 cm³/mol. The van der Waals surface area contributed by atoms with Crippen LogP contribution in [0, 0.1) is 0 Å². The third kappa shape index (κ3) is 3.07. The van der Waals surface area contributed by atoms with Gasteiger partial charge < -0.3 is 21.0 Å². The number of aromatic nitrogens is 4. The van der Waals surface area contributed by atoms with Crippen molar-refractivity contribution >= 4 is 33.4 Å². The Bertz CT molecular complexity index is 1300. The van der Waals surface area contributed by atoms with Crippen molar-refractivity contribution in [2.75, 3.05) is 5.32 Å². The van der Waals surface area contributed by atoms with E-state index in [0.29, 0.717) is 12.1 Å². The van der Waals surface area contributed by atoms with Gasteiger partial charge in [0.2, 0.25) is 5.91 Å². The molecule has 0 saturated heterocycles. The molecule has 3 heterocycles. The van der Waals surface area contributed by atoms with Crippen LogP contribution in [-0.2, 0) is 11.2 Å². The molecule has 29 heavy (non-hydrogen) atoms. The summed E-state index contributed by atoms with van der Waals surface area (Å²) >= 11 is 0. The lowest BCUT2D eigenvalue weighted by atomic mass is 10.0. The van der Waals surface area contributed by atoms with E-state index in [9.17, 15) is 4.79 Å². The summed E-state index contributed by atoms with van der Waals surface area (Å²) in [4.78, 5) is 19.3. The van der Waals surface area contributed by atoms with Crippen LogP contribution in [0.1, 0.15) is 5.56 Å². The lowest BCUT2D eigenvalue weighted by Gasteiger charge is -2.13. The number of hydrogen-bond donors (Lipinski definition) is 5. The Labute approximate surface area is 166 Å². The summed E-state index contributed by atoms with van der Waals surface area (Å²) < 4.78 is 0. The number of rotatable bonds is 5. The van der Waals surface area contributed by atoms with Gasteiger partial charge in [-0.25, -0.2) is 0 Å². The predicted octanol–water partition coefficient (Wildman–Crippen LogP) is 3.55. The van der Waals surface area contributed by atoms with Gasteiger partial charge in [-0.3, -0.25) is 9.89 Å². The van der Waals surface area contributed by atoms with Crippen LogP contribution < -0.4 is 11.1 Å². The highest BCUT2D eigenvalue weighted by Gasteiger charge is 2.18. The molecule has 1 atom stereocenters. The molecule has 0 aliphatic rings. The van der Waals surface area contributed by atoms with E-state index in [1.165, 1.54) is 0 Å². The van der Waals surface area contributed by atoms with Gasteiger partial charge in [0, 0.05) is 46.0 Å². The van der Waals surface area contributed by atoms with Crippen molar-refractivity contribution in [3.8, 4) is 11.1 Å². The van der Waals surface area contributed by atoms with Crippen LogP contribution >= 0.6 is 0 Å². The number of hydrogen-bond acceptors (Lipinski definition) is 3. The summed E-state index contributed by atoms with van der Waals surface area (Å²) in [5, 5.41) is 11.9. The molecule has 0 saturated carbocycles. The van der Waals surface area contributed by atoms with E-state index in [4.69, 9.17) is 5.73 Å². The van der Waals surface area contributed by atoms with Gasteiger partial charge in [0.05, 0.1) is 23.4 Å². The Balaban J connectivity index is 1.38. The summed E-state index contributed by atoms with van der Waals surface area (Å²) in [6, 6.07) is 13.1. The van der Waals surface area contributed by atoms with E-state index in [-0.39, 0.29) is 5.91 Å². The first-order valence-electron chi connectivity index (χ1n) is 9.41. The Morgan fingerprint density at radius 2 is 1.90 bits per heavy atom. The lowest BCUT2D eigenvalue weighted by molar-refractivity contribution is -0.117. The number of H-pyrrole nitrogens is 3. The zero-order valence-corrected chi connectivity index (χ0v) is 15.6. The Morgan fingerprint density at radius 1 is 1.03 bits per heavy atom. The van der Waals surface area contributed by atoms with Crippen LogP contribution in [0.5, 0.6) is 0 Å². The largest absolute Gasteiger partial charge is 0.361 e. The van der Waals surface area contributed by atoms with Gasteiger partial charge >= 0.3 is 0 Å². The number of amides is 1. The number of benzene rings is 2. The van der Waals surface area contributed by atoms with Crippen molar-refractivity contribution in [2.45, 2.75) is 12.5 Å². The molecule has 0 aliphatic heterocycles. The van der Waals surface area contributed by atoms with Crippen molar-refractivity contribution < 1.29 is 4.79 Å². The standard InChI is InChI=1S/C22H20N6O/c23-18(8-13-9-24-19-6-2-1-4-15(13)19)22(29)28-20-7-3-5-16-17(12-25-21(16)20)14-10-26-27-11-14/h1-7,9-12,18,24-25H,8,23H2,(H,26,27)(H,28,29)/t18-/m0/s1. The molecule has 0 aliphatic carbocycles. The molecule has 1 amide bonds. The number of nitrogens with zero attached hydrogens (tertiary/aromatic N) is 1. The van der Waals surface area contributed by atoms with Gasteiger partial charge in [0.25, 0.3) is 0 Å². The topological polar surface area (TPSA) is 115 Å². The van der Waals surface area contributed by atoms with Gasteiger partial charge in [0.1, 0.15) is 0 Å². The molecule has 3 aromatic heterocycles. The Morgan fingerprint density at radius 3 is 2.76 bits per heavy atom. The lowest BCUT2D eigenvalue weighted by Crippen LogP contribution is -2.37. The van der Waals surface area contributed by atoms with Crippen LogP contribution in [0.25, 0.3) is 32.9 Å². The van der Waals surface area contributed by atoms with Crippen molar-refractivity contribution in [3.05, 3.63) is 72.8 Å². The number of para-hydroxylation sites is 2. The summed E-state index contributed by atoms with van der Waals surface area (Å²) in [5.74, 6) is -0.220. The summed E-state index contributed by atoms with van der Waals surface area (Å²) in [7, 11) is 0. The second-order valence-corrected chi connectivity index (χ2v) is 7.08. The molecule has 0 bridgehead atoms. The molecule has 0 radical (unpaired) electrons. The fourth-order valence-corrected chi connectivity index (χ4v) is 3.75. The van der Waals surface area contributed by atoms with E-state index < -0.39 is 6.04 Å². The van der Waals surface area contributed by atoms with Crippen LogP contribution in [0.2, 0.25) is 0 Å². The summed E-state index contributed by atoms with van der Waals surface area (Å²) in [5.41, 5.74) is 11.9. The molecular weight excluding hydrogens is 364 g/mol. The minimum Gasteiger partial charge on any atom is -0.361 e. The molecule has 144 valence electrons. The summed E-state index contributed by atoms with van der Waals surface area (Å²) in [6.45, 7) is 0. The van der Waals surface area contributed by atoms with E-state index in [1.54, 1.807) is 6.20 Å². The molecule has 6 N–H and O–H groups in total. The molecular formula is C22H20N6O. The van der Waals surface area contributed by atoms with Gasteiger partial charge in [-0.2, -0.15) is 5.10 Å². The maximum Gasteiger partial charge on any atom is 0.241 e. The maximum absolute atomic E-state index is 12.8. The third-order valence-electron chi connectivity index (χ3n) is 5.23. The highest BCUT2D eigenvalue weighted by Crippen LogP contribution is 2.32. The Kier molecular flexibility index (Phi) is 4.14. The monoisotopic (exact) mass is 384 g/mol. The smallest absolute Gasteiger partial charge is 0.241 e. The molecule has 2 aromatic carbocycles. The first-order valence-corrected chi connectivity index (χ1v) is 9.41. The van der Waals surface area contributed by atoms with Crippen LogP contribution in [0.15, 0.2) is 67.3 Å². The van der Waals surface area contributed by atoms with Crippen molar-refractivity contribution in [2.24, 2.45) is 5.73 Å².